The Hall–Kier alpha value is -2.43. The highest BCUT2D eigenvalue weighted by atomic mass is 15.3. The van der Waals surface area contributed by atoms with Gasteiger partial charge in [-0.2, -0.15) is 14.6 Å². The summed E-state index contributed by atoms with van der Waals surface area (Å²) in [6, 6.07) is 10.4. The van der Waals surface area contributed by atoms with E-state index in [-0.39, 0.29) is 0 Å². The summed E-state index contributed by atoms with van der Waals surface area (Å²) in [6.45, 7) is 4.90. The summed E-state index contributed by atoms with van der Waals surface area (Å²) in [5.41, 5.74) is 3.59. The fourth-order valence-electron chi connectivity index (χ4n) is 2.32. The molecule has 5 heteroatoms. The number of hydrogen-bond acceptors (Lipinski definition) is 4. The summed E-state index contributed by atoms with van der Waals surface area (Å²) in [4.78, 5) is 8.46. The van der Waals surface area contributed by atoms with E-state index in [0.29, 0.717) is 5.78 Å². The zero-order valence-corrected chi connectivity index (χ0v) is 11.7. The van der Waals surface area contributed by atoms with Gasteiger partial charge in [0.25, 0.3) is 5.78 Å². The number of hydrogen-bond donors (Lipinski definition) is 1. The fraction of sp³-hybridized carbons (Fsp3) is 0.267. The van der Waals surface area contributed by atoms with E-state index in [1.807, 2.05) is 13.0 Å². The number of rotatable bonds is 4. The van der Waals surface area contributed by atoms with Crippen molar-refractivity contribution in [2.24, 2.45) is 0 Å². The zero-order valence-electron chi connectivity index (χ0n) is 11.7. The van der Waals surface area contributed by atoms with Gasteiger partial charge in [0.1, 0.15) is 12.1 Å². The molecule has 2 heterocycles. The smallest absolute Gasteiger partial charge is 0.254 e. The quantitative estimate of drug-likeness (QED) is 0.789. The summed E-state index contributed by atoms with van der Waals surface area (Å²) in [7, 11) is 0. The average Bonchev–Trinajstić information content (AvgIpc) is 2.93. The molecule has 0 radical (unpaired) electrons. The molecule has 0 aliphatic carbocycles. The molecule has 102 valence electrons. The Morgan fingerprint density at radius 3 is 2.80 bits per heavy atom. The molecular weight excluding hydrogens is 250 g/mol. The van der Waals surface area contributed by atoms with Crippen molar-refractivity contribution in [1.29, 1.82) is 0 Å². The Morgan fingerprint density at radius 1 is 1.20 bits per heavy atom. The molecule has 3 rings (SSSR count). The van der Waals surface area contributed by atoms with Crippen molar-refractivity contribution >= 4 is 11.6 Å². The van der Waals surface area contributed by atoms with Gasteiger partial charge in [0, 0.05) is 18.3 Å². The van der Waals surface area contributed by atoms with Gasteiger partial charge in [-0.3, -0.25) is 0 Å². The van der Waals surface area contributed by atoms with Crippen molar-refractivity contribution in [3.63, 3.8) is 0 Å². The molecule has 0 saturated heterocycles. The van der Waals surface area contributed by atoms with Crippen molar-refractivity contribution in [3.8, 4) is 0 Å². The molecule has 1 aromatic carbocycles. The van der Waals surface area contributed by atoms with Crippen molar-refractivity contribution in [1.82, 2.24) is 19.6 Å². The summed E-state index contributed by atoms with van der Waals surface area (Å²) >= 11 is 0. The highest BCUT2D eigenvalue weighted by molar-refractivity contribution is 5.45. The lowest BCUT2D eigenvalue weighted by Gasteiger charge is -2.11. The number of benzene rings is 1. The van der Waals surface area contributed by atoms with E-state index in [1.165, 1.54) is 17.5 Å². The zero-order chi connectivity index (χ0) is 13.9. The molecule has 0 fully saturated rings. The number of anilines is 1. The molecule has 0 spiro atoms. The van der Waals surface area contributed by atoms with Crippen LogP contribution >= 0.6 is 0 Å². The minimum Gasteiger partial charge on any atom is -0.366 e. The van der Waals surface area contributed by atoms with Gasteiger partial charge in [-0.1, -0.05) is 31.2 Å². The van der Waals surface area contributed by atoms with Crippen LogP contribution in [0.3, 0.4) is 0 Å². The highest BCUT2D eigenvalue weighted by Gasteiger charge is 2.06. The topological polar surface area (TPSA) is 55.1 Å². The number of aryl methyl sites for hydroxylation is 2. The van der Waals surface area contributed by atoms with Crippen molar-refractivity contribution in [2.75, 3.05) is 5.32 Å². The first-order valence-corrected chi connectivity index (χ1v) is 6.76. The maximum Gasteiger partial charge on any atom is 0.254 e. The molecule has 3 aromatic rings. The monoisotopic (exact) mass is 267 g/mol. The first-order chi connectivity index (χ1) is 9.78. The van der Waals surface area contributed by atoms with Crippen LogP contribution in [0.4, 0.5) is 5.82 Å². The third kappa shape index (κ3) is 2.34. The number of nitrogens with zero attached hydrogens (tertiary/aromatic N) is 4. The first-order valence-electron chi connectivity index (χ1n) is 6.76. The van der Waals surface area contributed by atoms with Crippen molar-refractivity contribution < 1.29 is 0 Å². The predicted octanol–water partition coefficient (Wildman–Crippen LogP) is 2.61. The number of aromatic nitrogens is 4. The van der Waals surface area contributed by atoms with Gasteiger partial charge in [0.15, 0.2) is 0 Å². The predicted molar refractivity (Wildman–Crippen MR) is 78.7 cm³/mol. The lowest BCUT2D eigenvalue weighted by Crippen LogP contribution is -2.08. The molecule has 0 bridgehead atoms. The molecule has 2 aromatic heterocycles. The molecule has 5 nitrogen and oxygen atoms in total. The van der Waals surface area contributed by atoms with Gasteiger partial charge >= 0.3 is 0 Å². The summed E-state index contributed by atoms with van der Waals surface area (Å²) in [5, 5.41) is 7.62. The van der Waals surface area contributed by atoms with Crippen LogP contribution in [0.15, 0.2) is 36.7 Å². The molecule has 1 N–H and O–H groups in total. The maximum atomic E-state index is 4.33. The molecule has 0 saturated carbocycles. The SMILES string of the molecule is CCc1ccccc1CNc1cc(C)nc2ncnn12. The molecule has 0 atom stereocenters. The molecule has 0 aliphatic rings. The van der Waals surface area contributed by atoms with Crippen molar-refractivity contribution in [2.45, 2.75) is 26.8 Å². The van der Waals surface area contributed by atoms with E-state index in [0.717, 1.165) is 24.5 Å². The second-order valence-electron chi connectivity index (χ2n) is 4.73. The van der Waals surface area contributed by atoms with Gasteiger partial charge in [-0.05, 0) is 24.5 Å². The third-order valence-corrected chi connectivity index (χ3v) is 3.34. The van der Waals surface area contributed by atoms with E-state index in [2.05, 4.69) is 51.6 Å². The molecule has 0 amide bonds. The summed E-state index contributed by atoms with van der Waals surface area (Å²) < 4.78 is 1.72. The Morgan fingerprint density at radius 2 is 2.00 bits per heavy atom. The van der Waals surface area contributed by atoms with Crippen LogP contribution in [0.25, 0.3) is 5.78 Å². The number of fused-ring (bicyclic) bond motifs is 1. The molecular formula is C15H17N5. The Bertz CT molecular complexity index is 732. The van der Waals surface area contributed by atoms with E-state index < -0.39 is 0 Å². The Kier molecular flexibility index (Phi) is 3.33. The largest absolute Gasteiger partial charge is 0.366 e. The minimum absolute atomic E-state index is 0.622. The fourth-order valence-corrected chi connectivity index (χ4v) is 2.32. The maximum absolute atomic E-state index is 4.33. The van der Waals surface area contributed by atoms with Gasteiger partial charge in [0.05, 0.1) is 0 Å². The second kappa shape index (κ2) is 5.28. The minimum atomic E-state index is 0.622. The summed E-state index contributed by atoms with van der Waals surface area (Å²) in [6.07, 6.45) is 2.55. The van der Waals surface area contributed by atoms with Gasteiger partial charge in [-0.25, -0.2) is 4.98 Å². The van der Waals surface area contributed by atoms with Crippen LogP contribution < -0.4 is 5.32 Å². The van der Waals surface area contributed by atoms with Crippen LogP contribution in [0.1, 0.15) is 23.7 Å². The highest BCUT2D eigenvalue weighted by Crippen LogP contribution is 2.14. The summed E-state index contributed by atoms with van der Waals surface area (Å²) in [5.74, 6) is 1.53. The van der Waals surface area contributed by atoms with E-state index in [9.17, 15) is 0 Å². The molecule has 0 aliphatic heterocycles. The average molecular weight is 267 g/mol. The van der Waals surface area contributed by atoms with E-state index in [1.54, 1.807) is 4.52 Å². The lowest BCUT2D eigenvalue weighted by atomic mass is 10.1. The van der Waals surface area contributed by atoms with Crippen LogP contribution in [0, 0.1) is 6.92 Å². The van der Waals surface area contributed by atoms with Gasteiger partial charge in [0.2, 0.25) is 0 Å². The Balaban J connectivity index is 1.88. The third-order valence-electron chi connectivity index (χ3n) is 3.34. The molecule has 0 unspecified atom stereocenters. The Labute approximate surface area is 117 Å². The van der Waals surface area contributed by atoms with Crippen LogP contribution in [0.5, 0.6) is 0 Å². The van der Waals surface area contributed by atoms with Gasteiger partial charge in [-0.15, -0.1) is 0 Å². The lowest BCUT2D eigenvalue weighted by molar-refractivity contribution is 0.912. The number of nitrogens with one attached hydrogen (secondary N) is 1. The van der Waals surface area contributed by atoms with Crippen molar-refractivity contribution in [3.05, 3.63) is 53.5 Å². The normalized spacial score (nSPS) is 10.9. The first kappa shape index (κ1) is 12.6. The van der Waals surface area contributed by atoms with Crippen LogP contribution in [0.2, 0.25) is 0 Å². The van der Waals surface area contributed by atoms with E-state index >= 15 is 0 Å². The van der Waals surface area contributed by atoms with E-state index in [4.69, 9.17) is 0 Å². The standard InChI is InChI=1S/C15H17N5/c1-3-12-6-4-5-7-13(12)9-16-14-8-11(2)19-15-17-10-18-20(14)15/h4-8,10,16H,3,9H2,1-2H3. The van der Waals surface area contributed by atoms with Crippen LogP contribution in [-0.4, -0.2) is 19.6 Å². The second-order valence-corrected chi connectivity index (χ2v) is 4.73. The van der Waals surface area contributed by atoms with Gasteiger partial charge < -0.3 is 5.32 Å². The van der Waals surface area contributed by atoms with Crippen LogP contribution in [-0.2, 0) is 13.0 Å². The molecule has 20 heavy (non-hydrogen) atoms.